The lowest BCUT2D eigenvalue weighted by Gasteiger charge is -2.18. The van der Waals surface area contributed by atoms with Gasteiger partial charge in [0.2, 0.25) is 0 Å². The van der Waals surface area contributed by atoms with E-state index in [0.717, 1.165) is 0 Å². The first-order valence-corrected chi connectivity index (χ1v) is 9.05. The van der Waals surface area contributed by atoms with E-state index < -0.39 is 17.8 Å². The van der Waals surface area contributed by atoms with Gasteiger partial charge in [0.25, 0.3) is 5.91 Å². The Balaban J connectivity index is 2.09. The Morgan fingerprint density at radius 2 is 1.59 bits per heavy atom. The van der Waals surface area contributed by atoms with Crippen molar-refractivity contribution >= 4 is 41.2 Å². The van der Waals surface area contributed by atoms with Gasteiger partial charge < -0.3 is 9.47 Å². The minimum absolute atomic E-state index is 0.162. The zero-order valence-electron chi connectivity index (χ0n) is 16.1. The van der Waals surface area contributed by atoms with Crippen molar-refractivity contribution in [2.45, 2.75) is 6.92 Å². The summed E-state index contributed by atoms with van der Waals surface area (Å²) < 4.78 is 9.58. The standard InChI is InChI=1S/C22H18ClNO5/c1-13-19(22(27)29-3)17(12-15-6-4-5-7-18(15)23)20(25)24(13)16-10-8-14(9-11-16)21(26)28-2/h4-12H,1-3H3/b17-12-. The van der Waals surface area contributed by atoms with Crippen molar-refractivity contribution in [2.75, 3.05) is 19.1 Å². The topological polar surface area (TPSA) is 72.9 Å². The second-order valence-corrected chi connectivity index (χ2v) is 6.62. The van der Waals surface area contributed by atoms with Crippen molar-refractivity contribution < 1.29 is 23.9 Å². The smallest absolute Gasteiger partial charge is 0.340 e. The highest BCUT2D eigenvalue weighted by Gasteiger charge is 2.38. The van der Waals surface area contributed by atoms with Crippen molar-refractivity contribution in [3.63, 3.8) is 0 Å². The molecular weight excluding hydrogens is 394 g/mol. The molecule has 2 aromatic rings. The Labute approximate surface area is 173 Å². The molecule has 148 valence electrons. The summed E-state index contributed by atoms with van der Waals surface area (Å²) in [5.41, 5.74) is 2.23. The zero-order valence-corrected chi connectivity index (χ0v) is 16.8. The lowest BCUT2D eigenvalue weighted by atomic mass is 10.0. The van der Waals surface area contributed by atoms with E-state index in [1.165, 1.54) is 19.1 Å². The van der Waals surface area contributed by atoms with Gasteiger partial charge in [-0.05, 0) is 48.9 Å². The molecule has 1 heterocycles. The highest BCUT2D eigenvalue weighted by atomic mass is 35.5. The molecule has 0 bridgehead atoms. The number of ether oxygens (including phenoxy) is 2. The summed E-state index contributed by atoms with van der Waals surface area (Å²) in [6.07, 6.45) is 1.57. The third kappa shape index (κ3) is 3.79. The molecule has 0 radical (unpaired) electrons. The van der Waals surface area contributed by atoms with Crippen molar-refractivity contribution in [3.8, 4) is 0 Å². The van der Waals surface area contributed by atoms with Gasteiger partial charge in [-0.2, -0.15) is 0 Å². The Bertz CT molecular complexity index is 1050. The number of nitrogens with zero attached hydrogens (tertiary/aromatic N) is 1. The minimum atomic E-state index is -0.622. The molecule has 0 N–H and O–H groups in total. The first-order chi connectivity index (χ1) is 13.9. The number of amides is 1. The van der Waals surface area contributed by atoms with Crippen LogP contribution in [0.1, 0.15) is 22.8 Å². The predicted molar refractivity (Wildman–Crippen MR) is 109 cm³/mol. The molecule has 0 aromatic heterocycles. The van der Waals surface area contributed by atoms with Gasteiger partial charge in [0.05, 0.1) is 30.9 Å². The van der Waals surface area contributed by atoms with Gasteiger partial charge in [-0.25, -0.2) is 9.59 Å². The lowest BCUT2D eigenvalue weighted by Crippen LogP contribution is -2.24. The van der Waals surface area contributed by atoms with Crippen LogP contribution in [0.5, 0.6) is 0 Å². The van der Waals surface area contributed by atoms with Crippen LogP contribution in [0.25, 0.3) is 6.08 Å². The van der Waals surface area contributed by atoms with Crippen molar-refractivity contribution in [2.24, 2.45) is 0 Å². The fraction of sp³-hybridized carbons (Fsp3) is 0.136. The van der Waals surface area contributed by atoms with Crippen molar-refractivity contribution in [1.29, 1.82) is 0 Å². The molecule has 0 saturated heterocycles. The van der Waals surface area contributed by atoms with E-state index in [2.05, 4.69) is 4.74 Å². The number of carbonyl (C=O) groups excluding carboxylic acids is 3. The van der Waals surface area contributed by atoms with Crippen LogP contribution >= 0.6 is 11.6 Å². The van der Waals surface area contributed by atoms with Crippen LogP contribution < -0.4 is 4.90 Å². The third-order valence-electron chi connectivity index (χ3n) is 4.54. The molecule has 1 amide bonds. The van der Waals surface area contributed by atoms with Crippen LogP contribution in [-0.2, 0) is 19.1 Å². The van der Waals surface area contributed by atoms with Crippen LogP contribution in [0.4, 0.5) is 5.69 Å². The molecule has 2 aromatic carbocycles. The largest absolute Gasteiger partial charge is 0.465 e. The quantitative estimate of drug-likeness (QED) is 0.561. The average Bonchev–Trinajstić information content (AvgIpc) is 2.98. The molecule has 1 aliphatic rings. The predicted octanol–water partition coefficient (Wildman–Crippen LogP) is 4.00. The third-order valence-corrected chi connectivity index (χ3v) is 4.89. The first kappa shape index (κ1) is 20.4. The maximum Gasteiger partial charge on any atom is 0.340 e. The minimum Gasteiger partial charge on any atom is -0.465 e. The van der Waals surface area contributed by atoms with E-state index in [0.29, 0.717) is 27.5 Å². The molecule has 0 fully saturated rings. The highest BCUT2D eigenvalue weighted by molar-refractivity contribution is 6.32. The molecule has 29 heavy (non-hydrogen) atoms. The zero-order chi connectivity index (χ0) is 21.1. The molecule has 7 heteroatoms. The highest BCUT2D eigenvalue weighted by Crippen LogP contribution is 2.36. The summed E-state index contributed by atoms with van der Waals surface area (Å²) in [4.78, 5) is 38.7. The van der Waals surface area contributed by atoms with Gasteiger partial charge in [-0.15, -0.1) is 0 Å². The van der Waals surface area contributed by atoms with Gasteiger partial charge in [0.1, 0.15) is 0 Å². The monoisotopic (exact) mass is 411 g/mol. The number of esters is 2. The van der Waals surface area contributed by atoms with E-state index in [-0.39, 0.29) is 11.1 Å². The number of methoxy groups -OCH3 is 2. The van der Waals surface area contributed by atoms with E-state index in [1.807, 2.05) is 0 Å². The van der Waals surface area contributed by atoms with E-state index in [9.17, 15) is 14.4 Å². The molecular formula is C22H18ClNO5. The normalized spacial score (nSPS) is 15.1. The number of allylic oxidation sites excluding steroid dienone is 1. The van der Waals surface area contributed by atoms with E-state index in [1.54, 1.807) is 61.5 Å². The first-order valence-electron chi connectivity index (χ1n) is 8.67. The summed E-state index contributed by atoms with van der Waals surface area (Å²) in [7, 11) is 2.55. The number of anilines is 1. The van der Waals surface area contributed by atoms with Crippen molar-refractivity contribution in [3.05, 3.63) is 81.5 Å². The Morgan fingerprint density at radius 1 is 0.966 bits per heavy atom. The number of hydrogen-bond donors (Lipinski definition) is 0. The maximum atomic E-state index is 13.2. The Kier molecular flexibility index (Phi) is 5.84. The summed E-state index contributed by atoms with van der Waals surface area (Å²) in [6, 6.07) is 13.3. The molecule has 0 atom stereocenters. The number of carbonyl (C=O) groups is 3. The van der Waals surface area contributed by atoms with Gasteiger partial charge in [0.15, 0.2) is 0 Å². The molecule has 0 aliphatic carbocycles. The number of benzene rings is 2. The second kappa shape index (κ2) is 8.32. The van der Waals surface area contributed by atoms with Gasteiger partial charge in [0, 0.05) is 16.4 Å². The van der Waals surface area contributed by atoms with Gasteiger partial charge in [-0.1, -0.05) is 29.8 Å². The van der Waals surface area contributed by atoms with Crippen LogP contribution in [0.15, 0.2) is 65.4 Å². The molecule has 3 rings (SSSR count). The summed E-state index contributed by atoms with van der Waals surface area (Å²) in [5, 5.41) is 0.454. The molecule has 1 aliphatic heterocycles. The molecule has 0 spiro atoms. The summed E-state index contributed by atoms with van der Waals surface area (Å²) in [6.45, 7) is 1.66. The number of halogens is 1. The summed E-state index contributed by atoms with van der Waals surface area (Å²) >= 11 is 6.22. The number of rotatable bonds is 4. The van der Waals surface area contributed by atoms with E-state index in [4.69, 9.17) is 16.3 Å². The fourth-order valence-corrected chi connectivity index (χ4v) is 3.29. The van der Waals surface area contributed by atoms with E-state index >= 15 is 0 Å². The van der Waals surface area contributed by atoms with Crippen LogP contribution in [-0.4, -0.2) is 32.1 Å². The maximum absolute atomic E-state index is 13.2. The Morgan fingerprint density at radius 3 is 2.17 bits per heavy atom. The molecule has 0 unspecified atom stereocenters. The number of hydrogen-bond acceptors (Lipinski definition) is 5. The SMILES string of the molecule is COC(=O)C1=C(C)N(c2ccc(C(=O)OC)cc2)C(=O)/C1=C\c1ccccc1Cl. The molecule has 6 nitrogen and oxygen atoms in total. The van der Waals surface area contributed by atoms with Crippen molar-refractivity contribution in [1.82, 2.24) is 0 Å². The summed E-state index contributed by atoms with van der Waals surface area (Å²) in [5.74, 6) is -1.50. The van der Waals surface area contributed by atoms with Gasteiger partial charge in [-0.3, -0.25) is 9.69 Å². The van der Waals surface area contributed by atoms with Gasteiger partial charge >= 0.3 is 11.9 Å². The van der Waals surface area contributed by atoms with Crippen LogP contribution in [0.3, 0.4) is 0 Å². The Hall–Kier alpha value is -3.38. The molecule has 0 saturated carbocycles. The van der Waals surface area contributed by atoms with Crippen LogP contribution in [0.2, 0.25) is 5.02 Å². The average molecular weight is 412 g/mol. The lowest BCUT2D eigenvalue weighted by molar-refractivity contribution is -0.136. The fourth-order valence-electron chi connectivity index (χ4n) is 3.10. The van der Waals surface area contributed by atoms with Crippen LogP contribution in [0, 0.1) is 0 Å². The second-order valence-electron chi connectivity index (χ2n) is 6.21.